The summed E-state index contributed by atoms with van der Waals surface area (Å²) >= 11 is 1.44. The number of hydrogen-bond donors (Lipinski definition) is 2. The van der Waals surface area contributed by atoms with Gasteiger partial charge in [0.1, 0.15) is 5.00 Å². The van der Waals surface area contributed by atoms with E-state index >= 15 is 0 Å². The third-order valence-electron chi connectivity index (χ3n) is 6.26. The number of rotatable bonds is 7. The van der Waals surface area contributed by atoms with Crippen LogP contribution >= 0.6 is 11.3 Å². The molecule has 3 rings (SSSR count). The highest BCUT2D eigenvalue weighted by Gasteiger charge is 2.38. The fourth-order valence-corrected chi connectivity index (χ4v) is 5.56. The molecule has 164 valence electrons. The first-order valence-electron chi connectivity index (χ1n) is 10.8. The maximum atomic E-state index is 13.1. The van der Waals surface area contributed by atoms with Crippen LogP contribution in [-0.4, -0.2) is 29.6 Å². The van der Waals surface area contributed by atoms with Gasteiger partial charge < -0.3 is 15.2 Å². The van der Waals surface area contributed by atoms with Crippen molar-refractivity contribution in [3.05, 3.63) is 27.2 Å². The summed E-state index contributed by atoms with van der Waals surface area (Å²) in [7, 11) is 0. The highest BCUT2D eigenvalue weighted by molar-refractivity contribution is 7.17. The summed E-state index contributed by atoms with van der Waals surface area (Å²) < 4.78 is 5.47. The number of thiophene rings is 1. The van der Waals surface area contributed by atoms with Crippen molar-refractivity contribution in [1.29, 1.82) is 0 Å². The number of allylic oxidation sites excluding steroid dienone is 2. The van der Waals surface area contributed by atoms with Crippen molar-refractivity contribution in [3.8, 4) is 0 Å². The van der Waals surface area contributed by atoms with Crippen LogP contribution in [0.4, 0.5) is 5.00 Å². The topological polar surface area (TPSA) is 92.7 Å². The van der Waals surface area contributed by atoms with Crippen LogP contribution in [-0.2, 0) is 27.2 Å². The zero-order valence-electron chi connectivity index (χ0n) is 18.0. The molecule has 0 radical (unpaired) electrons. The third kappa shape index (κ3) is 4.77. The minimum absolute atomic E-state index is 0.324. The summed E-state index contributed by atoms with van der Waals surface area (Å²) in [5.41, 5.74) is 3.58. The van der Waals surface area contributed by atoms with E-state index in [1.165, 1.54) is 11.3 Å². The molecule has 7 heteroatoms. The maximum Gasteiger partial charge on any atom is 0.341 e. The van der Waals surface area contributed by atoms with Gasteiger partial charge in [-0.3, -0.25) is 9.59 Å². The van der Waals surface area contributed by atoms with E-state index in [0.29, 0.717) is 30.0 Å². The lowest BCUT2D eigenvalue weighted by atomic mass is 9.76. The van der Waals surface area contributed by atoms with Crippen LogP contribution in [0.1, 0.15) is 80.1 Å². The summed E-state index contributed by atoms with van der Waals surface area (Å²) in [6.07, 6.45) is 6.32. The smallest absolute Gasteiger partial charge is 0.341 e. The summed E-state index contributed by atoms with van der Waals surface area (Å²) in [5.74, 6) is -3.05. The Labute approximate surface area is 181 Å². The van der Waals surface area contributed by atoms with E-state index in [4.69, 9.17) is 4.74 Å². The van der Waals surface area contributed by atoms with Crippen molar-refractivity contribution in [2.75, 3.05) is 11.9 Å². The lowest BCUT2D eigenvalue weighted by Gasteiger charge is -2.29. The van der Waals surface area contributed by atoms with Gasteiger partial charge in [-0.2, -0.15) is 0 Å². The van der Waals surface area contributed by atoms with Crippen molar-refractivity contribution in [2.45, 2.75) is 72.1 Å². The molecule has 1 aromatic heterocycles. The molecular weight excluding hydrogens is 402 g/mol. The van der Waals surface area contributed by atoms with E-state index in [1.54, 1.807) is 0 Å². The number of carbonyl (C=O) groups excluding carboxylic acids is 2. The number of nitrogens with one attached hydrogen (secondary N) is 1. The van der Waals surface area contributed by atoms with Crippen LogP contribution < -0.4 is 5.32 Å². The molecule has 30 heavy (non-hydrogen) atoms. The van der Waals surface area contributed by atoms with Crippen molar-refractivity contribution >= 4 is 34.2 Å². The normalized spacial score (nSPS) is 21.2. The van der Waals surface area contributed by atoms with Crippen molar-refractivity contribution in [3.63, 3.8) is 0 Å². The van der Waals surface area contributed by atoms with E-state index in [-0.39, 0.29) is 11.9 Å². The lowest BCUT2D eigenvalue weighted by molar-refractivity contribution is -0.146. The predicted octanol–water partition coefficient (Wildman–Crippen LogP) is 4.97. The molecular formula is C23H31NO5S. The number of unbranched alkanes of at least 4 members (excludes halogenated alkanes) is 1. The van der Waals surface area contributed by atoms with Gasteiger partial charge in [-0.05, 0) is 64.4 Å². The van der Waals surface area contributed by atoms with Gasteiger partial charge in [0.05, 0.1) is 24.0 Å². The number of fused-ring (bicyclic) bond motifs is 1. The monoisotopic (exact) mass is 433 g/mol. The Morgan fingerprint density at radius 3 is 2.43 bits per heavy atom. The quantitative estimate of drug-likeness (QED) is 0.360. The van der Waals surface area contributed by atoms with Gasteiger partial charge in [0.25, 0.3) is 0 Å². The van der Waals surface area contributed by atoms with E-state index in [2.05, 4.69) is 5.32 Å². The molecule has 2 N–H and O–H groups in total. The number of hydrogen-bond acceptors (Lipinski definition) is 5. The average molecular weight is 434 g/mol. The zero-order chi connectivity index (χ0) is 21.8. The standard InChI is InChI=1S/C23H31NO5S/c1-4-5-10-29-23(28)19-15-8-6-7-9-18(15)30-21(19)24-20(25)16-11-13(2)14(3)12-17(16)22(26)27/h16-17H,4-12H2,1-3H3,(H,24,25)(H,26,27)/t16-,17-/m1/s1. The van der Waals surface area contributed by atoms with E-state index < -0.39 is 17.8 Å². The summed E-state index contributed by atoms with van der Waals surface area (Å²) in [5, 5.41) is 13.1. The van der Waals surface area contributed by atoms with Gasteiger partial charge >= 0.3 is 11.9 Å². The Hall–Kier alpha value is -2.15. The fourth-order valence-electron chi connectivity index (χ4n) is 4.28. The lowest BCUT2D eigenvalue weighted by Crippen LogP contribution is -2.36. The van der Waals surface area contributed by atoms with Gasteiger partial charge in [0, 0.05) is 4.88 Å². The first-order valence-corrected chi connectivity index (χ1v) is 11.7. The molecule has 1 heterocycles. The molecule has 0 aromatic carbocycles. The van der Waals surface area contributed by atoms with Crippen LogP contribution in [0.5, 0.6) is 0 Å². The second kappa shape index (κ2) is 9.77. The second-order valence-corrected chi connectivity index (χ2v) is 9.52. The Bertz CT molecular complexity index is 869. The minimum Gasteiger partial charge on any atom is -0.481 e. The van der Waals surface area contributed by atoms with Crippen LogP contribution in [0.15, 0.2) is 11.1 Å². The van der Waals surface area contributed by atoms with Crippen molar-refractivity contribution in [2.24, 2.45) is 11.8 Å². The van der Waals surface area contributed by atoms with E-state index in [9.17, 15) is 19.5 Å². The first-order chi connectivity index (χ1) is 14.3. The Morgan fingerprint density at radius 1 is 1.10 bits per heavy atom. The number of aryl methyl sites for hydroxylation is 1. The molecule has 2 atom stereocenters. The largest absolute Gasteiger partial charge is 0.481 e. The van der Waals surface area contributed by atoms with Gasteiger partial charge in [0.2, 0.25) is 5.91 Å². The number of ether oxygens (including phenoxy) is 1. The second-order valence-electron chi connectivity index (χ2n) is 8.41. The SMILES string of the molecule is CCCCOC(=O)c1c(NC(=O)[C@@H]2CC(C)=C(C)C[C@H]2C(=O)O)sc2c1CCCC2. The molecule has 0 unspecified atom stereocenters. The number of carboxylic acids is 1. The summed E-state index contributed by atoms with van der Waals surface area (Å²) in [6.45, 7) is 6.28. The van der Waals surface area contributed by atoms with Crippen LogP contribution in [0.2, 0.25) is 0 Å². The van der Waals surface area contributed by atoms with Crippen LogP contribution in [0.3, 0.4) is 0 Å². The fraction of sp³-hybridized carbons (Fsp3) is 0.609. The highest BCUT2D eigenvalue weighted by atomic mass is 32.1. The first kappa shape index (κ1) is 22.5. The Morgan fingerprint density at radius 2 is 1.77 bits per heavy atom. The third-order valence-corrected chi connectivity index (χ3v) is 7.47. The molecule has 0 saturated carbocycles. The molecule has 0 spiro atoms. The van der Waals surface area contributed by atoms with Gasteiger partial charge in [0.15, 0.2) is 0 Å². The Balaban J connectivity index is 1.86. The molecule has 2 aliphatic carbocycles. The number of carboxylic acid groups (broad SMARTS) is 1. The number of aliphatic carboxylic acids is 1. The molecule has 1 amide bonds. The number of esters is 1. The molecule has 0 saturated heterocycles. The predicted molar refractivity (Wildman–Crippen MR) is 117 cm³/mol. The van der Waals surface area contributed by atoms with Gasteiger partial charge in [-0.15, -0.1) is 11.3 Å². The maximum absolute atomic E-state index is 13.1. The highest BCUT2D eigenvalue weighted by Crippen LogP contribution is 2.40. The molecule has 6 nitrogen and oxygen atoms in total. The average Bonchev–Trinajstić information content (AvgIpc) is 3.07. The molecule has 1 aromatic rings. The van der Waals surface area contributed by atoms with Gasteiger partial charge in [-0.1, -0.05) is 24.5 Å². The number of amides is 1. The molecule has 0 aliphatic heterocycles. The molecule has 0 bridgehead atoms. The molecule has 0 fully saturated rings. The Kier molecular flexibility index (Phi) is 7.34. The van der Waals surface area contributed by atoms with E-state index in [1.807, 2.05) is 20.8 Å². The summed E-state index contributed by atoms with van der Waals surface area (Å²) in [6, 6.07) is 0. The zero-order valence-corrected chi connectivity index (χ0v) is 18.8. The van der Waals surface area contributed by atoms with Crippen molar-refractivity contribution in [1.82, 2.24) is 0 Å². The minimum atomic E-state index is -0.952. The van der Waals surface area contributed by atoms with Crippen LogP contribution in [0, 0.1) is 11.8 Å². The number of carbonyl (C=O) groups is 3. The van der Waals surface area contributed by atoms with Crippen LogP contribution in [0.25, 0.3) is 0 Å². The van der Waals surface area contributed by atoms with Crippen molar-refractivity contribution < 1.29 is 24.2 Å². The summed E-state index contributed by atoms with van der Waals surface area (Å²) in [4.78, 5) is 38.9. The van der Waals surface area contributed by atoms with Gasteiger partial charge in [-0.25, -0.2) is 4.79 Å². The van der Waals surface area contributed by atoms with E-state index in [0.717, 1.165) is 60.1 Å². The number of anilines is 1. The molecule has 2 aliphatic rings.